The van der Waals surface area contributed by atoms with E-state index in [9.17, 15) is 40.0 Å². The minimum absolute atomic E-state index is 0.00677. The van der Waals surface area contributed by atoms with E-state index in [-0.39, 0.29) is 35.5 Å². The summed E-state index contributed by atoms with van der Waals surface area (Å²) in [5.74, 6) is -2.81. The number of halogens is 5. The molecule has 0 unspecified atom stereocenters. The van der Waals surface area contributed by atoms with Crippen molar-refractivity contribution in [3.8, 4) is 16.9 Å². The molecule has 41 heavy (non-hydrogen) atoms. The Kier molecular flexibility index (Phi) is 8.37. The van der Waals surface area contributed by atoms with Crippen LogP contribution in [0.2, 0.25) is 0 Å². The monoisotopic (exact) mass is 599 g/mol. The van der Waals surface area contributed by atoms with Gasteiger partial charge < -0.3 is 20.5 Å². The molecule has 0 bridgehead atoms. The van der Waals surface area contributed by atoms with Crippen LogP contribution in [0.5, 0.6) is 5.75 Å². The Morgan fingerprint density at radius 3 is 2.49 bits per heavy atom. The maximum Gasteiger partial charge on any atom is 0.416 e. The van der Waals surface area contributed by atoms with Gasteiger partial charge in [-0.15, -0.1) is 0 Å². The van der Waals surface area contributed by atoms with E-state index in [1.807, 2.05) is 0 Å². The summed E-state index contributed by atoms with van der Waals surface area (Å²) in [5, 5.41) is 13.1. The number of hydrogen-bond acceptors (Lipinski definition) is 5. The largest absolute Gasteiger partial charge is 0.486 e. The second-order valence-corrected chi connectivity index (χ2v) is 10.8. The number of carboxylic acids is 1. The maximum absolute atomic E-state index is 14.5. The number of rotatable bonds is 8. The molecule has 0 aromatic heterocycles. The number of ether oxygens (including phenoxy) is 1. The van der Waals surface area contributed by atoms with E-state index < -0.39 is 69.5 Å². The molecule has 3 aromatic carbocycles. The molecule has 15 heteroatoms. The Morgan fingerprint density at radius 1 is 1.02 bits per heavy atom. The van der Waals surface area contributed by atoms with E-state index in [2.05, 4.69) is 10.6 Å². The molecule has 2 amide bonds. The summed E-state index contributed by atoms with van der Waals surface area (Å²) in [4.78, 5) is 21.7. The number of urea groups is 1. The number of benzene rings is 3. The van der Waals surface area contributed by atoms with Crippen LogP contribution in [-0.2, 0) is 21.0 Å². The molecule has 0 spiro atoms. The normalized spacial score (nSPS) is 15.0. The van der Waals surface area contributed by atoms with Crippen LogP contribution in [-0.4, -0.2) is 51.3 Å². The standard InChI is InChI=1S/C26H22F5N3O6S/c27-17-5-6-21(28)20(12-17)15-4-7-23-22(10-15)34(14-18(40-23)8-9-32-25(37)33-13-24(35)36)41(38,39)19-3-1-2-16(11-19)26(29,30)31/h1-7,10-12,18H,8-9,13-14H2,(H,35,36)(H2,32,33,37)/t18-/m0/s1. The van der Waals surface area contributed by atoms with Gasteiger partial charge in [0.2, 0.25) is 0 Å². The lowest BCUT2D eigenvalue weighted by Gasteiger charge is -2.36. The lowest BCUT2D eigenvalue weighted by atomic mass is 10.0. The SMILES string of the molecule is O=C(O)CNC(=O)NCC[C@H]1CN(S(=O)(=O)c2cccc(C(F)(F)F)c2)c2cc(-c3cc(F)ccc3F)ccc2O1. The van der Waals surface area contributed by atoms with Crippen molar-refractivity contribution in [1.29, 1.82) is 0 Å². The number of fused-ring (bicyclic) bond motifs is 1. The van der Waals surface area contributed by atoms with Crippen molar-refractivity contribution in [3.63, 3.8) is 0 Å². The molecule has 1 aliphatic heterocycles. The van der Waals surface area contributed by atoms with Gasteiger partial charge in [-0.1, -0.05) is 12.1 Å². The fraction of sp³-hybridized carbons (Fsp3) is 0.231. The van der Waals surface area contributed by atoms with Crippen molar-refractivity contribution in [1.82, 2.24) is 10.6 Å². The van der Waals surface area contributed by atoms with E-state index in [1.165, 1.54) is 18.2 Å². The number of nitrogens with zero attached hydrogens (tertiary/aromatic N) is 1. The molecule has 0 saturated carbocycles. The number of sulfonamides is 1. The molecule has 1 atom stereocenters. The molecule has 0 fully saturated rings. The van der Waals surface area contributed by atoms with Gasteiger partial charge in [0.1, 0.15) is 30.0 Å². The number of hydrogen-bond donors (Lipinski definition) is 3. The third-order valence-corrected chi connectivity index (χ3v) is 7.81. The Bertz CT molecular complexity index is 1580. The topological polar surface area (TPSA) is 125 Å². The van der Waals surface area contributed by atoms with E-state index in [4.69, 9.17) is 9.84 Å². The zero-order valence-electron chi connectivity index (χ0n) is 20.9. The quantitative estimate of drug-likeness (QED) is 0.330. The molecule has 218 valence electrons. The molecule has 4 rings (SSSR count). The molecule has 9 nitrogen and oxygen atoms in total. The van der Waals surface area contributed by atoms with Crippen LogP contribution in [0.3, 0.4) is 0 Å². The van der Waals surface area contributed by atoms with Gasteiger partial charge in [0.25, 0.3) is 10.0 Å². The highest BCUT2D eigenvalue weighted by molar-refractivity contribution is 7.92. The molecule has 1 heterocycles. The highest BCUT2D eigenvalue weighted by atomic mass is 32.2. The van der Waals surface area contributed by atoms with E-state index in [1.54, 1.807) is 0 Å². The minimum Gasteiger partial charge on any atom is -0.486 e. The van der Waals surface area contributed by atoms with Gasteiger partial charge in [0.15, 0.2) is 0 Å². The zero-order chi connectivity index (χ0) is 29.9. The number of carbonyl (C=O) groups is 2. The minimum atomic E-state index is -4.81. The van der Waals surface area contributed by atoms with Crippen LogP contribution in [0.15, 0.2) is 65.6 Å². The first-order valence-electron chi connectivity index (χ1n) is 12.0. The first kappa shape index (κ1) is 29.6. The van der Waals surface area contributed by atoms with Crippen molar-refractivity contribution >= 4 is 27.7 Å². The summed E-state index contributed by atoms with van der Waals surface area (Å²) in [5.41, 5.74) is -1.39. The molecule has 0 radical (unpaired) electrons. The van der Waals surface area contributed by atoms with E-state index in [0.29, 0.717) is 6.07 Å². The zero-order valence-corrected chi connectivity index (χ0v) is 21.7. The Hall–Kier alpha value is -4.40. The number of nitrogens with one attached hydrogen (secondary N) is 2. The lowest BCUT2D eigenvalue weighted by molar-refractivity contribution is -0.138. The summed E-state index contributed by atoms with van der Waals surface area (Å²) < 4.78 is 103. The number of aliphatic carboxylic acids is 1. The number of carbonyl (C=O) groups excluding carboxylic acids is 1. The lowest BCUT2D eigenvalue weighted by Crippen LogP contribution is -2.45. The van der Waals surface area contributed by atoms with Gasteiger partial charge in [-0.2, -0.15) is 13.2 Å². The summed E-state index contributed by atoms with van der Waals surface area (Å²) >= 11 is 0. The van der Waals surface area contributed by atoms with E-state index in [0.717, 1.165) is 40.7 Å². The van der Waals surface area contributed by atoms with Crippen LogP contribution in [0, 0.1) is 11.6 Å². The highest BCUT2D eigenvalue weighted by Crippen LogP contribution is 2.41. The van der Waals surface area contributed by atoms with Crippen molar-refractivity contribution in [3.05, 3.63) is 77.9 Å². The Morgan fingerprint density at radius 2 is 1.78 bits per heavy atom. The second-order valence-electron chi connectivity index (χ2n) is 8.90. The predicted molar refractivity (Wildman–Crippen MR) is 136 cm³/mol. The number of anilines is 1. The fourth-order valence-electron chi connectivity index (χ4n) is 4.10. The highest BCUT2D eigenvalue weighted by Gasteiger charge is 2.37. The van der Waals surface area contributed by atoms with Crippen LogP contribution >= 0.6 is 0 Å². The average Bonchev–Trinajstić information content (AvgIpc) is 2.92. The average molecular weight is 600 g/mol. The molecular weight excluding hydrogens is 577 g/mol. The third-order valence-electron chi connectivity index (χ3n) is 6.03. The molecular formula is C26H22F5N3O6S. The van der Waals surface area contributed by atoms with Crippen LogP contribution < -0.4 is 19.7 Å². The Balaban J connectivity index is 1.69. The Labute approximate surface area is 230 Å². The van der Waals surface area contributed by atoms with E-state index >= 15 is 0 Å². The first-order chi connectivity index (χ1) is 19.3. The summed E-state index contributed by atoms with van der Waals surface area (Å²) in [6.07, 6.45) is -5.69. The van der Waals surface area contributed by atoms with Crippen molar-refractivity contribution in [2.75, 3.05) is 23.9 Å². The predicted octanol–water partition coefficient (Wildman–Crippen LogP) is 4.38. The molecule has 0 aliphatic carbocycles. The van der Waals surface area contributed by atoms with Gasteiger partial charge in [-0.3, -0.25) is 9.10 Å². The van der Waals surface area contributed by atoms with Gasteiger partial charge in [-0.05, 0) is 54.1 Å². The molecule has 1 aliphatic rings. The van der Waals surface area contributed by atoms with Gasteiger partial charge in [-0.25, -0.2) is 22.0 Å². The fourth-order valence-corrected chi connectivity index (χ4v) is 5.65. The van der Waals surface area contributed by atoms with Crippen LogP contribution in [0.1, 0.15) is 12.0 Å². The van der Waals surface area contributed by atoms with Crippen molar-refractivity contribution < 1.29 is 49.8 Å². The van der Waals surface area contributed by atoms with Gasteiger partial charge in [0.05, 0.1) is 22.7 Å². The third kappa shape index (κ3) is 6.85. The van der Waals surface area contributed by atoms with Gasteiger partial charge in [0, 0.05) is 18.5 Å². The van der Waals surface area contributed by atoms with Crippen molar-refractivity contribution in [2.24, 2.45) is 0 Å². The first-order valence-corrected chi connectivity index (χ1v) is 13.4. The maximum atomic E-state index is 14.5. The number of alkyl halides is 3. The van der Waals surface area contributed by atoms with Gasteiger partial charge >= 0.3 is 18.2 Å². The summed E-state index contributed by atoms with van der Waals surface area (Å²) in [6.45, 7) is -1.11. The molecule has 3 N–H and O–H groups in total. The van der Waals surface area contributed by atoms with Crippen LogP contribution in [0.25, 0.3) is 11.1 Å². The van der Waals surface area contributed by atoms with Crippen LogP contribution in [0.4, 0.5) is 32.4 Å². The number of carboxylic acid groups (broad SMARTS) is 1. The molecule has 0 saturated heterocycles. The molecule has 3 aromatic rings. The van der Waals surface area contributed by atoms with Crippen molar-refractivity contribution in [2.45, 2.75) is 23.6 Å². The smallest absolute Gasteiger partial charge is 0.416 e. The number of amides is 2. The summed E-state index contributed by atoms with van der Waals surface area (Å²) in [6, 6.07) is 9.01. The second kappa shape index (κ2) is 11.6. The summed E-state index contributed by atoms with van der Waals surface area (Å²) in [7, 11) is -4.65.